The lowest BCUT2D eigenvalue weighted by Crippen LogP contribution is -2.29. The molecule has 0 saturated carbocycles. The molecule has 0 saturated heterocycles. The molecule has 0 atom stereocenters. The van der Waals surface area contributed by atoms with Gasteiger partial charge in [0.2, 0.25) is 5.82 Å². The molecule has 3 heterocycles. The van der Waals surface area contributed by atoms with Crippen LogP contribution >= 0.6 is 0 Å². The number of para-hydroxylation sites is 1. The summed E-state index contributed by atoms with van der Waals surface area (Å²) >= 11 is 0. The summed E-state index contributed by atoms with van der Waals surface area (Å²) in [6, 6.07) is 14.9. The molecule has 2 aromatic carbocycles. The maximum Gasteiger partial charge on any atom is 0.342 e. The molecule has 1 aliphatic rings. The summed E-state index contributed by atoms with van der Waals surface area (Å²) in [6.45, 7) is 0.0235. The largest absolute Gasteiger partial charge is 0.496 e. The number of anilines is 1. The summed E-state index contributed by atoms with van der Waals surface area (Å²) in [5.74, 6) is -0.228. The molecule has 0 amide bonds. The zero-order valence-corrected chi connectivity index (χ0v) is 19.4. The van der Waals surface area contributed by atoms with Gasteiger partial charge in [-0.05, 0) is 48.4 Å². The van der Waals surface area contributed by atoms with E-state index in [0.717, 1.165) is 5.56 Å². The Morgan fingerprint density at radius 1 is 1.14 bits per heavy atom. The van der Waals surface area contributed by atoms with Crippen LogP contribution in [-0.2, 0) is 27.8 Å². The topological polar surface area (TPSA) is 125 Å². The molecular formula is C24H20N4O6S. The van der Waals surface area contributed by atoms with E-state index in [1.54, 1.807) is 36.7 Å². The summed E-state index contributed by atoms with van der Waals surface area (Å²) in [5, 5.41) is 3.85. The number of carbonyl (C=O) groups is 1. The van der Waals surface area contributed by atoms with E-state index in [-0.39, 0.29) is 28.7 Å². The fraction of sp³-hybridized carbons (Fsp3) is 0.167. The number of fused-ring (bicyclic) bond motifs is 1. The number of carbonyl (C=O) groups excluding carboxylic acids is 1. The number of rotatable bonds is 7. The lowest BCUT2D eigenvalue weighted by molar-refractivity contribution is 0.0426. The molecule has 0 radical (unpaired) electrons. The summed E-state index contributed by atoms with van der Waals surface area (Å²) < 4.78 is 43.8. The van der Waals surface area contributed by atoms with E-state index in [9.17, 15) is 13.2 Å². The van der Waals surface area contributed by atoms with Crippen LogP contribution in [0.2, 0.25) is 0 Å². The zero-order chi connectivity index (χ0) is 24.4. The third kappa shape index (κ3) is 4.33. The first kappa shape index (κ1) is 22.5. The average molecular weight is 493 g/mol. The number of pyridine rings is 1. The normalized spacial score (nSPS) is 12.9. The lowest BCUT2D eigenvalue weighted by atomic mass is 10.2. The first-order chi connectivity index (χ1) is 17.0. The monoisotopic (exact) mass is 492 g/mol. The van der Waals surface area contributed by atoms with Crippen LogP contribution in [0.3, 0.4) is 0 Å². The van der Waals surface area contributed by atoms with E-state index in [4.69, 9.17) is 14.0 Å². The predicted molar refractivity (Wildman–Crippen MR) is 124 cm³/mol. The van der Waals surface area contributed by atoms with E-state index >= 15 is 0 Å². The molecule has 0 bridgehead atoms. The number of nitrogens with zero attached hydrogens (tertiary/aromatic N) is 4. The molecule has 0 N–H and O–H groups in total. The third-order valence-electron chi connectivity index (χ3n) is 5.54. The van der Waals surface area contributed by atoms with Gasteiger partial charge < -0.3 is 14.0 Å². The van der Waals surface area contributed by atoms with Gasteiger partial charge in [0.15, 0.2) is 6.61 Å². The lowest BCUT2D eigenvalue weighted by Gasteiger charge is -2.20. The Balaban J connectivity index is 1.36. The smallest absolute Gasteiger partial charge is 0.342 e. The second-order valence-electron chi connectivity index (χ2n) is 7.65. The van der Waals surface area contributed by atoms with Gasteiger partial charge in [0.25, 0.3) is 15.9 Å². The van der Waals surface area contributed by atoms with Crippen LogP contribution in [0.4, 0.5) is 5.69 Å². The first-order valence-electron chi connectivity index (χ1n) is 10.7. The van der Waals surface area contributed by atoms with Gasteiger partial charge in [-0.25, -0.2) is 13.2 Å². The van der Waals surface area contributed by atoms with E-state index in [2.05, 4.69) is 15.1 Å². The number of ether oxygens (including phenoxy) is 2. The Labute approximate surface area is 201 Å². The van der Waals surface area contributed by atoms with Crippen LogP contribution in [0.15, 0.2) is 76.4 Å². The van der Waals surface area contributed by atoms with Crippen molar-refractivity contribution in [1.29, 1.82) is 0 Å². The molecular weight excluding hydrogens is 472 g/mol. The Hall–Kier alpha value is -4.25. The molecule has 0 unspecified atom stereocenters. The molecule has 35 heavy (non-hydrogen) atoms. The van der Waals surface area contributed by atoms with Crippen molar-refractivity contribution in [3.05, 3.63) is 84.0 Å². The van der Waals surface area contributed by atoms with Crippen LogP contribution in [0.5, 0.6) is 5.75 Å². The van der Waals surface area contributed by atoms with E-state index in [0.29, 0.717) is 30.0 Å². The van der Waals surface area contributed by atoms with Crippen molar-refractivity contribution in [2.24, 2.45) is 0 Å². The highest BCUT2D eigenvalue weighted by Gasteiger charge is 2.32. The molecule has 5 rings (SSSR count). The number of sulfonamides is 1. The number of hydrogen-bond acceptors (Lipinski definition) is 9. The summed E-state index contributed by atoms with van der Waals surface area (Å²) in [7, 11) is -2.52. The predicted octanol–water partition coefficient (Wildman–Crippen LogP) is 3.25. The fourth-order valence-electron chi connectivity index (χ4n) is 3.82. The van der Waals surface area contributed by atoms with Crippen molar-refractivity contribution >= 4 is 21.7 Å². The highest BCUT2D eigenvalue weighted by Crippen LogP contribution is 2.34. The van der Waals surface area contributed by atoms with Crippen LogP contribution in [0.1, 0.15) is 21.8 Å². The number of aromatic nitrogens is 3. The Bertz CT molecular complexity index is 1490. The van der Waals surface area contributed by atoms with Crippen molar-refractivity contribution in [1.82, 2.24) is 15.1 Å². The summed E-state index contributed by atoms with van der Waals surface area (Å²) in [6.07, 6.45) is 3.82. The minimum atomic E-state index is -3.90. The SMILES string of the molecule is COc1ccc(S(=O)(=O)N2CCc3ccccc32)cc1C(=O)OCc1nc(-c2cccnc2)no1. The Kier molecular flexibility index (Phi) is 5.91. The molecule has 178 valence electrons. The molecule has 11 heteroatoms. The summed E-state index contributed by atoms with van der Waals surface area (Å²) in [4.78, 5) is 21.0. The van der Waals surface area contributed by atoms with E-state index < -0.39 is 16.0 Å². The highest BCUT2D eigenvalue weighted by molar-refractivity contribution is 7.92. The van der Waals surface area contributed by atoms with Gasteiger partial charge in [-0.3, -0.25) is 9.29 Å². The van der Waals surface area contributed by atoms with E-state index in [1.165, 1.54) is 29.6 Å². The minimum Gasteiger partial charge on any atom is -0.496 e. The second kappa shape index (κ2) is 9.18. The highest BCUT2D eigenvalue weighted by atomic mass is 32.2. The second-order valence-corrected chi connectivity index (χ2v) is 9.51. The average Bonchev–Trinajstić information content (AvgIpc) is 3.55. The maximum absolute atomic E-state index is 13.4. The first-order valence-corrected chi connectivity index (χ1v) is 12.1. The van der Waals surface area contributed by atoms with Gasteiger partial charge in [0.1, 0.15) is 11.3 Å². The zero-order valence-electron chi connectivity index (χ0n) is 18.6. The minimum absolute atomic E-state index is 0.0342. The van der Waals surface area contributed by atoms with Crippen LogP contribution in [0, 0.1) is 0 Å². The molecule has 0 aliphatic carbocycles. The Morgan fingerprint density at radius 2 is 2.00 bits per heavy atom. The molecule has 0 spiro atoms. The van der Waals surface area contributed by atoms with Crippen molar-refractivity contribution in [3.63, 3.8) is 0 Å². The maximum atomic E-state index is 13.4. The molecule has 0 fully saturated rings. The van der Waals surface area contributed by atoms with Crippen LogP contribution < -0.4 is 9.04 Å². The fourth-order valence-corrected chi connectivity index (χ4v) is 5.35. The molecule has 1 aliphatic heterocycles. The van der Waals surface area contributed by atoms with Crippen molar-refractivity contribution < 1.29 is 27.2 Å². The van der Waals surface area contributed by atoms with Gasteiger partial charge in [-0.15, -0.1) is 0 Å². The van der Waals surface area contributed by atoms with Gasteiger partial charge in [-0.1, -0.05) is 23.4 Å². The standard InChI is InChI=1S/C24H20N4O6S/c1-32-21-9-8-18(35(30,31)28-12-10-16-5-2-3-7-20(16)28)13-19(21)24(29)33-15-22-26-23(27-34-22)17-6-4-11-25-14-17/h2-9,11,13-14H,10,12,15H2,1H3. The van der Waals surface area contributed by atoms with Crippen molar-refractivity contribution in [2.45, 2.75) is 17.9 Å². The van der Waals surface area contributed by atoms with Gasteiger partial charge in [0.05, 0.1) is 17.7 Å². The van der Waals surface area contributed by atoms with E-state index in [1.807, 2.05) is 12.1 Å². The van der Waals surface area contributed by atoms with Gasteiger partial charge in [-0.2, -0.15) is 4.98 Å². The number of benzene rings is 2. The van der Waals surface area contributed by atoms with Gasteiger partial charge >= 0.3 is 5.97 Å². The quantitative estimate of drug-likeness (QED) is 0.357. The van der Waals surface area contributed by atoms with Gasteiger partial charge in [0, 0.05) is 24.5 Å². The summed E-state index contributed by atoms with van der Waals surface area (Å²) in [5.41, 5.74) is 2.20. The number of methoxy groups -OCH3 is 1. The van der Waals surface area contributed by atoms with Crippen molar-refractivity contribution in [2.75, 3.05) is 18.0 Å². The molecule has 10 nitrogen and oxygen atoms in total. The van der Waals surface area contributed by atoms with Crippen LogP contribution in [0.25, 0.3) is 11.4 Å². The Morgan fingerprint density at radius 3 is 2.80 bits per heavy atom. The van der Waals surface area contributed by atoms with Crippen LogP contribution in [-0.4, -0.2) is 43.2 Å². The molecule has 2 aromatic heterocycles. The third-order valence-corrected chi connectivity index (χ3v) is 7.35. The molecule has 4 aromatic rings. The number of hydrogen-bond donors (Lipinski definition) is 0. The van der Waals surface area contributed by atoms with Crippen molar-refractivity contribution in [3.8, 4) is 17.1 Å². The number of esters is 1.